The topological polar surface area (TPSA) is 88.2 Å². The molecule has 0 radical (unpaired) electrons. The van der Waals surface area contributed by atoms with Crippen molar-refractivity contribution in [3.8, 4) is 5.75 Å². The van der Waals surface area contributed by atoms with E-state index in [1.54, 1.807) is 53.4 Å². The molecule has 0 bridgehead atoms. The molecule has 2 aliphatic rings. The number of para-hydroxylation sites is 1. The van der Waals surface area contributed by atoms with Crippen molar-refractivity contribution in [3.63, 3.8) is 0 Å². The minimum absolute atomic E-state index is 0.0281. The van der Waals surface area contributed by atoms with E-state index in [-0.39, 0.29) is 18.1 Å². The van der Waals surface area contributed by atoms with Crippen LogP contribution in [0.5, 0.6) is 5.75 Å². The SMILES string of the molecule is O=C1NN(c2ccccc2)C(=O)/C1=C\c1cccc(OCC(=O)N2CCOCC2)c1. The summed E-state index contributed by atoms with van der Waals surface area (Å²) in [6, 6.07) is 15.8. The van der Waals surface area contributed by atoms with Crippen LogP contribution in [0.1, 0.15) is 5.56 Å². The zero-order valence-corrected chi connectivity index (χ0v) is 16.2. The number of hydrogen-bond acceptors (Lipinski definition) is 5. The maximum Gasteiger partial charge on any atom is 0.282 e. The van der Waals surface area contributed by atoms with E-state index in [9.17, 15) is 14.4 Å². The van der Waals surface area contributed by atoms with Crippen molar-refractivity contribution in [3.05, 3.63) is 65.7 Å². The molecule has 0 unspecified atom stereocenters. The minimum Gasteiger partial charge on any atom is -0.484 e. The summed E-state index contributed by atoms with van der Waals surface area (Å²) in [5, 5.41) is 1.22. The molecular weight excluding hydrogens is 386 g/mol. The van der Waals surface area contributed by atoms with Gasteiger partial charge in [0, 0.05) is 13.1 Å². The maximum absolute atomic E-state index is 12.7. The van der Waals surface area contributed by atoms with Crippen LogP contribution in [0.25, 0.3) is 6.08 Å². The molecule has 3 amide bonds. The van der Waals surface area contributed by atoms with Crippen molar-refractivity contribution in [1.29, 1.82) is 0 Å². The Morgan fingerprint density at radius 1 is 1.07 bits per heavy atom. The van der Waals surface area contributed by atoms with Crippen LogP contribution in [-0.4, -0.2) is 55.5 Å². The molecule has 4 rings (SSSR count). The van der Waals surface area contributed by atoms with Crippen LogP contribution in [0.4, 0.5) is 5.69 Å². The summed E-state index contributed by atoms with van der Waals surface area (Å²) < 4.78 is 10.9. The number of ether oxygens (including phenoxy) is 2. The standard InChI is InChI=1S/C22H21N3O5/c26-20(24-9-11-29-12-10-24)15-30-18-8-4-5-16(13-18)14-19-21(27)23-25(22(19)28)17-6-2-1-3-7-17/h1-8,13-14H,9-12,15H2,(H,23,27)/b19-14-. The van der Waals surface area contributed by atoms with Gasteiger partial charge in [0.25, 0.3) is 17.7 Å². The number of anilines is 1. The van der Waals surface area contributed by atoms with Gasteiger partial charge in [0.1, 0.15) is 11.3 Å². The number of amides is 3. The van der Waals surface area contributed by atoms with Gasteiger partial charge >= 0.3 is 0 Å². The quantitative estimate of drug-likeness (QED) is 0.598. The van der Waals surface area contributed by atoms with Crippen molar-refractivity contribution in [1.82, 2.24) is 10.3 Å². The summed E-state index contributed by atoms with van der Waals surface area (Å²) in [4.78, 5) is 38.9. The number of nitrogens with one attached hydrogen (secondary N) is 1. The highest BCUT2D eigenvalue weighted by atomic mass is 16.5. The van der Waals surface area contributed by atoms with E-state index < -0.39 is 11.8 Å². The van der Waals surface area contributed by atoms with E-state index in [0.29, 0.717) is 43.3 Å². The minimum atomic E-state index is -0.474. The first kappa shape index (κ1) is 19.7. The second-order valence-electron chi connectivity index (χ2n) is 6.83. The summed E-state index contributed by atoms with van der Waals surface area (Å²) in [6.07, 6.45) is 1.51. The predicted octanol–water partition coefficient (Wildman–Crippen LogP) is 1.39. The zero-order chi connectivity index (χ0) is 20.9. The number of rotatable bonds is 5. The first-order valence-corrected chi connectivity index (χ1v) is 9.62. The number of nitrogens with zero attached hydrogens (tertiary/aromatic N) is 2. The Bertz CT molecular complexity index is 983. The van der Waals surface area contributed by atoms with Crippen molar-refractivity contribution in [2.24, 2.45) is 0 Å². The lowest BCUT2D eigenvalue weighted by Crippen LogP contribution is -2.42. The van der Waals surface area contributed by atoms with Gasteiger partial charge in [0.15, 0.2) is 6.61 Å². The van der Waals surface area contributed by atoms with Gasteiger partial charge in [-0.1, -0.05) is 30.3 Å². The molecule has 1 N–H and O–H groups in total. The Morgan fingerprint density at radius 3 is 2.60 bits per heavy atom. The van der Waals surface area contributed by atoms with Crippen LogP contribution in [0, 0.1) is 0 Å². The predicted molar refractivity (Wildman–Crippen MR) is 109 cm³/mol. The van der Waals surface area contributed by atoms with Crippen LogP contribution in [0.15, 0.2) is 60.2 Å². The average molecular weight is 407 g/mol. The smallest absolute Gasteiger partial charge is 0.282 e. The van der Waals surface area contributed by atoms with Crippen LogP contribution in [-0.2, 0) is 19.1 Å². The van der Waals surface area contributed by atoms with Gasteiger partial charge in [-0.3, -0.25) is 19.8 Å². The van der Waals surface area contributed by atoms with Gasteiger partial charge in [0.2, 0.25) is 0 Å². The molecular formula is C22H21N3O5. The maximum atomic E-state index is 12.7. The molecule has 8 heteroatoms. The first-order chi connectivity index (χ1) is 14.6. The average Bonchev–Trinajstić information content (AvgIpc) is 3.07. The lowest BCUT2D eigenvalue weighted by Gasteiger charge is -2.26. The second-order valence-corrected chi connectivity index (χ2v) is 6.83. The molecule has 30 heavy (non-hydrogen) atoms. The molecule has 2 aliphatic heterocycles. The zero-order valence-electron chi connectivity index (χ0n) is 16.2. The van der Waals surface area contributed by atoms with Gasteiger partial charge in [-0.2, -0.15) is 0 Å². The third-order valence-electron chi connectivity index (χ3n) is 4.80. The lowest BCUT2D eigenvalue weighted by atomic mass is 10.1. The molecule has 2 saturated heterocycles. The number of carbonyl (C=O) groups excluding carboxylic acids is 3. The molecule has 2 aromatic rings. The van der Waals surface area contributed by atoms with Gasteiger partial charge in [-0.15, -0.1) is 0 Å². The fourth-order valence-electron chi connectivity index (χ4n) is 3.23. The molecule has 0 spiro atoms. The molecule has 154 valence electrons. The van der Waals surface area contributed by atoms with Gasteiger partial charge in [-0.25, -0.2) is 5.01 Å². The third kappa shape index (κ3) is 4.33. The summed E-state index contributed by atoms with van der Waals surface area (Å²) >= 11 is 0. The summed E-state index contributed by atoms with van der Waals surface area (Å²) in [6.45, 7) is 2.10. The van der Waals surface area contributed by atoms with Crippen LogP contribution in [0.3, 0.4) is 0 Å². The highest BCUT2D eigenvalue weighted by molar-refractivity contribution is 6.31. The molecule has 2 fully saturated rings. The fraction of sp³-hybridized carbons (Fsp3) is 0.227. The molecule has 0 aliphatic carbocycles. The van der Waals surface area contributed by atoms with E-state index in [0.717, 1.165) is 0 Å². The Hall–Kier alpha value is -3.65. The Kier molecular flexibility index (Phi) is 5.76. The monoisotopic (exact) mass is 407 g/mol. The molecule has 2 heterocycles. The van der Waals surface area contributed by atoms with E-state index in [1.807, 2.05) is 6.07 Å². The Labute approximate surface area is 173 Å². The second kappa shape index (κ2) is 8.79. The van der Waals surface area contributed by atoms with Crippen LogP contribution in [0.2, 0.25) is 0 Å². The highest BCUT2D eigenvalue weighted by Gasteiger charge is 2.34. The number of hydrazine groups is 1. The highest BCUT2D eigenvalue weighted by Crippen LogP contribution is 2.22. The van der Waals surface area contributed by atoms with E-state index in [1.165, 1.54) is 11.1 Å². The number of carbonyl (C=O) groups is 3. The van der Waals surface area contributed by atoms with Crippen molar-refractivity contribution >= 4 is 29.5 Å². The summed E-state index contributed by atoms with van der Waals surface area (Å²) in [5.41, 5.74) is 3.80. The molecule has 0 aromatic heterocycles. The van der Waals surface area contributed by atoms with E-state index in [4.69, 9.17) is 9.47 Å². The molecule has 8 nitrogen and oxygen atoms in total. The fourth-order valence-corrected chi connectivity index (χ4v) is 3.23. The van der Waals surface area contributed by atoms with Gasteiger partial charge < -0.3 is 14.4 Å². The van der Waals surface area contributed by atoms with E-state index in [2.05, 4.69) is 5.43 Å². The lowest BCUT2D eigenvalue weighted by molar-refractivity contribution is -0.137. The molecule has 0 saturated carbocycles. The summed E-state index contributed by atoms with van der Waals surface area (Å²) in [7, 11) is 0. The van der Waals surface area contributed by atoms with Crippen molar-refractivity contribution < 1.29 is 23.9 Å². The first-order valence-electron chi connectivity index (χ1n) is 9.62. The van der Waals surface area contributed by atoms with Gasteiger partial charge in [0.05, 0.1) is 18.9 Å². The summed E-state index contributed by atoms with van der Waals surface area (Å²) in [5.74, 6) is -0.527. The number of benzene rings is 2. The number of hydrogen-bond donors (Lipinski definition) is 1. The molecule has 0 atom stereocenters. The Balaban J connectivity index is 1.44. The normalized spacial score (nSPS) is 17.9. The molecule has 2 aromatic carbocycles. The van der Waals surface area contributed by atoms with Crippen LogP contribution >= 0.6 is 0 Å². The van der Waals surface area contributed by atoms with Crippen molar-refractivity contribution in [2.75, 3.05) is 37.9 Å². The van der Waals surface area contributed by atoms with Gasteiger partial charge in [-0.05, 0) is 35.9 Å². The number of morpholine rings is 1. The van der Waals surface area contributed by atoms with E-state index >= 15 is 0 Å². The van der Waals surface area contributed by atoms with Crippen molar-refractivity contribution in [2.45, 2.75) is 0 Å². The Morgan fingerprint density at radius 2 is 1.83 bits per heavy atom. The van der Waals surface area contributed by atoms with Crippen LogP contribution < -0.4 is 15.2 Å². The largest absolute Gasteiger partial charge is 0.484 e. The third-order valence-corrected chi connectivity index (χ3v) is 4.80.